The van der Waals surface area contributed by atoms with Crippen LogP contribution in [0.5, 0.6) is 0 Å². The molecule has 0 aliphatic rings. The van der Waals surface area contributed by atoms with Crippen molar-refractivity contribution < 1.29 is 4.79 Å². The highest BCUT2D eigenvalue weighted by Gasteiger charge is 2.24. The molecule has 0 bridgehead atoms. The van der Waals surface area contributed by atoms with Gasteiger partial charge < -0.3 is 10.6 Å². The van der Waals surface area contributed by atoms with E-state index in [1.165, 1.54) is 0 Å². The van der Waals surface area contributed by atoms with Gasteiger partial charge in [0.05, 0.1) is 17.4 Å². The lowest BCUT2D eigenvalue weighted by molar-refractivity contribution is 0.242. The highest BCUT2D eigenvalue weighted by Crippen LogP contribution is 2.21. The van der Waals surface area contributed by atoms with Gasteiger partial charge in [-0.05, 0) is 26.0 Å². The summed E-state index contributed by atoms with van der Waals surface area (Å²) in [6, 6.07) is 3.04. The third-order valence-electron chi connectivity index (χ3n) is 2.86. The van der Waals surface area contributed by atoms with Crippen molar-refractivity contribution in [1.82, 2.24) is 20.1 Å². The first-order chi connectivity index (χ1) is 9.38. The number of carbonyl (C=O) groups excluding carboxylic acids is 1. The van der Waals surface area contributed by atoms with Gasteiger partial charge in [-0.2, -0.15) is 5.10 Å². The van der Waals surface area contributed by atoms with Crippen molar-refractivity contribution in [3.05, 3.63) is 41.4 Å². The molecule has 7 heteroatoms. The molecule has 0 spiro atoms. The normalized spacial score (nSPS) is 11.2. The van der Waals surface area contributed by atoms with E-state index < -0.39 is 5.54 Å². The van der Waals surface area contributed by atoms with Crippen LogP contribution in [0.4, 0.5) is 10.5 Å². The number of pyridine rings is 1. The number of hydrogen-bond acceptors (Lipinski definition) is 3. The Labute approximate surface area is 122 Å². The lowest BCUT2D eigenvalue weighted by Crippen LogP contribution is -2.43. The Morgan fingerprint density at radius 3 is 2.80 bits per heavy atom. The molecule has 0 unspecified atom stereocenters. The van der Waals surface area contributed by atoms with Crippen LogP contribution in [0.25, 0.3) is 0 Å². The van der Waals surface area contributed by atoms with Crippen molar-refractivity contribution in [1.29, 1.82) is 0 Å². The molecule has 0 aliphatic carbocycles. The van der Waals surface area contributed by atoms with E-state index in [4.69, 9.17) is 11.6 Å². The van der Waals surface area contributed by atoms with E-state index in [0.29, 0.717) is 5.69 Å². The highest BCUT2D eigenvalue weighted by atomic mass is 35.5. The molecular formula is C13H16ClN5O. The molecule has 0 saturated heterocycles. The van der Waals surface area contributed by atoms with Crippen molar-refractivity contribution in [2.24, 2.45) is 7.05 Å². The predicted octanol–water partition coefficient (Wildman–Crippen LogP) is 2.53. The third-order valence-corrected chi connectivity index (χ3v) is 3.16. The van der Waals surface area contributed by atoms with Crippen LogP contribution in [-0.4, -0.2) is 20.8 Å². The lowest BCUT2D eigenvalue weighted by Gasteiger charge is -2.25. The van der Waals surface area contributed by atoms with Gasteiger partial charge in [0.25, 0.3) is 0 Å². The Bertz CT molecular complexity index is 623. The minimum atomic E-state index is -0.549. The maximum Gasteiger partial charge on any atom is 0.320 e. The molecule has 0 fully saturated rings. The molecule has 2 heterocycles. The Kier molecular flexibility index (Phi) is 3.94. The van der Waals surface area contributed by atoms with Gasteiger partial charge in [-0.25, -0.2) is 9.78 Å². The van der Waals surface area contributed by atoms with Crippen LogP contribution >= 0.6 is 11.6 Å². The van der Waals surface area contributed by atoms with Crippen LogP contribution < -0.4 is 10.6 Å². The van der Waals surface area contributed by atoms with E-state index in [0.717, 1.165) is 5.56 Å². The molecule has 0 aliphatic heterocycles. The summed E-state index contributed by atoms with van der Waals surface area (Å²) in [6.45, 7) is 3.79. The van der Waals surface area contributed by atoms with Crippen LogP contribution in [0.15, 0.2) is 30.7 Å². The van der Waals surface area contributed by atoms with Gasteiger partial charge in [-0.15, -0.1) is 0 Å². The zero-order chi connectivity index (χ0) is 14.8. The largest absolute Gasteiger partial charge is 0.329 e. The summed E-state index contributed by atoms with van der Waals surface area (Å²) in [5, 5.41) is 9.90. The standard InChI is InChI=1S/C13H16ClN5O/c1-13(2,9-7-16-19(3)8-9)18-12(20)17-10-5-4-6-15-11(10)14/h4-8H,1-3H3,(H2,17,18,20). The smallest absolute Gasteiger partial charge is 0.320 e. The number of nitrogens with one attached hydrogen (secondary N) is 2. The molecular weight excluding hydrogens is 278 g/mol. The summed E-state index contributed by atoms with van der Waals surface area (Å²) in [4.78, 5) is 15.9. The molecule has 2 rings (SSSR count). The summed E-state index contributed by atoms with van der Waals surface area (Å²) in [7, 11) is 1.83. The second-order valence-corrected chi connectivity index (χ2v) is 5.31. The van der Waals surface area contributed by atoms with Crippen LogP contribution in [0.3, 0.4) is 0 Å². The van der Waals surface area contributed by atoms with Crippen LogP contribution in [0.2, 0.25) is 5.15 Å². The fraction of sp³-hybridized carbons (Fsp3) is 0.308. The van der Waals surface area contributed by atoms with Gasteiger partial charge >= 0.3 is 6.03 Å². The maximum absolute atomic E-state index is 12.0. The Morgan fingerprint density at radius 2 is 2.20 bits per heavy atom. The van der Waals surface area contributed by atoms with Crippen molar-refractivity contribution in [2.45, 2.75) is 19.4 Å². The SMILES string of the molecule is Cn1cc(C(C)(C)NC(=O)Nc2cccnc2Cl)cn1. The number of carbonyl (C=O) groups is 1. The van der Waals surface area contributed by atoms with Crippen molar-refractivity contribution in [3.63, 3.8) is 0 Å². The summed E-state index contributed by atoms with van der Waals surface area (Å²) >= 11 is 5.89. The average molecular weight is 294 g/mol. The Hall–Kier alpha value is -2.08. The van der Waals surface area contributed by atoms with Crippen molar-refractivity contribution in [3.8, 4) is 0 Å². The van der Waals surface area contributed by atoms with E-state index >= 15 is 0 Å². The van der Waals surface area contributed by atoms with Gasteiger partial charge in [0.2, 0.25) is 0 Å². The molecule has 0 saturated carbocycles. The zero-order valence-electron chi connectivity index (χ0n) is 11.5. The summed E-state index contributed by atoms with van der Waals surface area (Å²) < 4.78 is 1.69. The molecule has 2 amide bonds. The van der Waals surface area contributed by atoms with E-state index in [9.17, 15) is 4.79 Å². The minimum absolute atomic E-state index is 0.252. The summed E-state index contributed by atoms with van der Waals surface area (Å²) in [5.41, 5.74) is 0.827. The second kappa shape index (κ2) is 5.50. The number of rotatable bonds is 3. The first-order valence-electron chi connectivity index (χ1n) is 6.07. The van der Waals surface area contributed by atoms with E-state index in [1.807, 2.05) is 27.1 Å². The number of aromatic nitrogens is 3. The van der Waals surface area contributed by atoms with Crippen LogP contribution in [0.1, 0.15) is 19.4 Å². The van der Waals surface area contributed by atoms with Gasteiger partial charge in [-0.3, -0.25) is 4.68 Å². The Morgan fingerprint density at radius 1 is 1.45 bits per heavy atom. The maximum atomic E-state index is 12.0. The topological polar surface area (TPSA) is 71.8 Å². The first-order valence-corrected chi connectivity index (χ1v) is 6.45. The summed E-state index contributed by atoms with van der Waals surface area (Å²) in [5.74, 6) is 0. The van der Waals surface area contributed by atoms with Gasteiger partial charge in [0.15, 0.2) is 5.15 Å². The van der Waals surface area contributed by atoms with Gasteiger partial charge in [0, 0.05) is 25.0 Å². The molecule has 6 nitrogen and oxygen atoms in total. The van der Waals surface area contributed by atoms with Crippen molar-refractivity contribution in [2.75, 3.05) is 5.32 Å². The number of amides is 2. The molecule has 2 N–H and O–H groups in total. The average Bonchev–Trinajstić information content (AvgIpc) is 2.79. The summed E-state index contributed by atoms with van der Waals surface area (Å²) in [6.07, 6.45) is 5.14. The van der Waals surface area contributed by atoms with E-state index in [1.54, 1.807) is 29.2 Å². The minimum Gasteiger partial charge on any atom is -0.329 e. The van der Waals surface area contributed by atoms with E-state index in [-0.39, 0.29) is 11.2 Å². The van der Waals surface area contributed by atoms with E-state index in [2.05, 4.69) is 20.7 Å². The van der Waals surface area contributed by atoms with Crippen LogP contribution in [-0.2, 0) is 12.6 Å². The third kappa shape index (κ3) is 3.27. The van der Waals surface area contributed by atoms with Gasteiger partial charge in [0.1, 0.15) is 0 Å². The number of nitrogens with zero attached hydrogens (tertiary/aromatic N) is 3. The lowest BCUT2D eigenvalue weighted by atomic mass is 9.98. The number of urea groups is 1. The predicted molar refractivity (Wildman–Crippen MR) is 77.6 cm³/mol. The number of anilines is 1. The molecule has 0 aromatic carbocycles. The molecule has 2 aromatic heterocycles. The fourth-order valence-electron chi connectivity index (χ4n) is 1.73. The number of aryl methyl sites for hydroxylation is 1. The highest BCUT2D eigenvalue weighted by molar-refractivity contribution is 6.32. The zero-order valence-corrected chi connectivity index (χ0v) is 12.3. The molecule has 0 atom stereocenters. The number of hydrogen-bond donors (Lipinski definition) is 2. The molecule has 2 aromatic rings. The Balaban J connectivity index is 2.06. The quantitative estimate of drug-likeness (QED) is 0.854. The fourth-order valence-corrected chi connectivity index (χ4v) is 1.90. The molecule has 0 radical (unpaired) electrons. The first kappa shape index (κ1) is 14.3. The molecule has 20 heavy (non-hydrogen) atoms. The monoisotopic (exact) mass is 293 g/mol. The van der Waals surface area contributed by atoms with Gasteiger partial charge in [-0.1, -0.05) is 11.6 Å². The second-order valence-electron chi connectivity index (χ2n) is 4.95. The van der Waals surface area contributed by atoms with Crippen molar-refractivity contribution >= 4 is 23.3 Å². The molecule has 106 valence electrons. The number of halogens is 1. The van der Waals surface area contributed by atoms with Crippen LogP contribution in [0, 0.1) is 0 Å².